The predicted octanol–water partition coefficient (Wildman–Crippen LogP) is 13.8. The summed E-state index contributed by atoms with van der Waals surface area (Å²) in [4.78, 5) is 4.99. The summed E-state index contributed by atoms with van der Waals surface area (Å²) in [5, 5.41) is 4.40. The summed E-state index contributed by atoms with van der Waals surface area (Å²) in [7, 11) is 0. The Kier molecular flexibility index (Phi) is 8.42. The number of hydrogen-bond donors (Lipinski definition) is 0. The second kappa shape index (κ2) is 13.4. The minimum absolute atomic E-state index is 0.00910. The highest BCUT2D eigenvalue weighted by atomic mass is 16.5. The summed E-state index contributed by atoms with van der Waals surface area (Å²) in [6, 6.07) is 47.0. The molecule has 6 aromatic carbocycles. The maximum absolute atomic E-state index is 6.78. The van der Waals surface area contributed by atoms with Crippen molar-refractivity contribution in [3.8, 4) is 28.7 Å². The number of fused-ring (bicyclic) bond motifs is 8. The van der Waals surface area contributed by atoms with Crippen molar-refractivity contribution in [3.63, 3.8) is 0 Å². The fourth-order valence-corrected chi connectivity index (χ4v) is 8.47. The number of hydrogen-bond acceptors (Lipinski definition) is 3. The van der Waals surface area contributed by atoms with Crippen molar-refractivity contribution in [1.82, 2.24) is 14.1 Å². The van der Waals surface area contributed by atoms with Gasteiger partial charge in [0.15, 0.2) is 0 Å². The van der Waals surface area contributed by atoms with Crippen molar-refractivity contribution >= 4 is 54.8 Å². The number of imidazole rings is 1. The molecule has 0 aliphatic carbocycles. The Labute approximate surface area is 351 Å². The van der Waals surface area contributed by atoms with Crippen LogP contribution < -0.4 is 9.30 Å². The minimum Gasteiger partial charge on any atom is -0.458 e. The van der Waals surface area contributed by atoms with Crippen molar-refractivity contribution in [1.29, 1.82) is 0 Å². The van der Waals surface area contributed by atoms with E-state index in [1.807, 2.05) is 30.5 Å². The lowest BCUT2D eigenvalue weighted by Crippen LogP contribution is -2.31. The Bertz CT molecular complexity index is 3270. The second-order valence-corrected chi connectivity index (χ2v) is 19.2. The van der Waals surface area contributed by atoms with Crippen molar-refractivity contribution in [3.05, 3.63) is 163 Å². The van der Waals surface area contributed by atoms with E-state index < -0.39 is 0 Å². The van der Waals surface area contributed by atoms with Crippen LogP contribution in [-0.4, -0.2) is 14.1 Å². The van der Waals surface area contributed by atoms with Gasteiger partial charge in [0.1, 0.15) is 28.5 Å². The topological polar surface area (TPSA) is 49.0 Å². The summed E-state index contributed by atoms with van der Waals surface area (Å²) in [5.74, 6) is 2.31. The number of aromatic nitrogens is 4. The molecule has 0 spiro atoms. The highest BCUT2D eigenvalue weighted by molar-refractivity contribution is 6.24. The van der Waals surface area contributed by atoms with Crippen LogP contribution in [0.2, 0.25) is 0 Å². The van der Waals surface area contributed by atoms with Crippen LogP contribution in [0, 0.1) is 6.33 Å². The van der Waals surface area contributed by atoms with Gasteiger partial charge in [-0.15, -0.1) is 0 Å². The van der Waals surface area contributed by atoms with E-state index in [1.54, 1.807) is 0 Å². The first-order valence-electron chi connectivity index (χ1n) is 20.9. The largest absolute Gasteiger partial charge is 0.458 e. The standard InChI is InChI=1S/C54H50N4O2/c1-52(2,3)34-25-26-55-49(30-34)58-46-32-40(21-22-41(46)42-23-24-48-50(51(42)58)43-17-10-13-20-47(43)60-48)59-39-16-14-15-37(31-39)56-33-57(45-19-12-11-18-44(45)56)38-28-35(53(4,5)6)27-36(29-38)54(7,8)9/h10-32H,1-9H3. The smallest absolute Gasteiger partial charge is 0.269 e. The molecule has 6 nitrogen and oxygen atoms in total. The molecule has 0 atom stereocenters. The third-order valence-electron chi connectivity index (χ3n) is 11.9. The number of para-hydroxylation sites is 3. The van der Waals surface area contributed by atoms with Gasteiger partial charge in [0, 0.05) is 28.4 Å². The first-order valence-corrected chi connectivity index (χ1v) is 20.9. The molecule has 0 bridgehead atoms. The molecule has 60 heavy (non-hydrogen) atoms. The maximum Gasteiger partial charge on any atom is 0.269 e. The van der Waals surface area contributed by atoms with Crippen LogP contribution in [0.3, 0.4) is 0 Å². The van der Waals surface area contributed by atoms with E-state index in [-0.39, 0.29) is 16.2 Å². The van der Waals surface area contributed by atoms with Crippen molar-refractivity contribution in [2.75, 3.05) is 0 Å². The third kappa shape index (κ3) is 6.33. The Morgan fingerprint density at radius 3 is 2.03 bits per heavy atom. The van der Waals surface area contributed by atoms with E-state index in [1.165, 1.54) is 16.7 Å². The molecular weight excluding hydrogens is 737 g/mol. The van der Waals surface area contributed by atoms with Gasteiger partial charge in [0.25, 0.3) is 6.33 Å². The summed E-state index contributed by atoms with van der Waals surface area (Å²) in [6.07, 6.45) is 5.66. The van der Waals surface area contributed by atoms with Crippen LogP contribution in [0.5, 0.6) is 11.5 Å². The lowest BCUT2D eigenvalue weighted by molar-refractivity contribution is -0.572. The fraction of sp³-hybridized carbons (Fsp3) is 0.222. The molecule has 4 aromatic heterocycles. The minimum atomic E-state index is -0.0546. The normalized spacial score (nSPS) is 12.8. The molecule has 4 heterocycles. The lowest BCUT2D eigenvalue weighted by Gasteiger charge is -2.26. The van der Waals surface area contributed by atoms with Gasteiger partial charge in [-0.1, -0.05) is 117 Å². The number of nitrogens with zero attached hydrogens (tertiary/aromatic N) is 4. The molecule has 0 saturated carbocycles. The van der Waals surface area contributed by atoms with E-state index in [0.717, 1.165) is 83.5 Å². The van der Waals surface area contributed by atoms with Crippen LogP contribution in [0.1, 0.15) is 79.0 Å². The number of pyridine rings is 1. The van der Waals surface area contributed by atoms with Crippen LogP contribution in [0.4, 0.5) is 0 Å². The van der Waals surface area contributed by atoms with E-state index in [2.05, 4.69) is 192 Å². The Morgan fingerprint density at radius 2 is 1.27 bits per heavy atom. The fourth-order valence-electron chi connectivity index (χ4n) is 8.47. The molecule has 0 radical (unpaired) electrons. The summed E-state index contributed by atoms with van der Waals surface area (Å²) in [5.41, 5.74) is 11.7. The van der Waals surface area contributed by atoms with Gasteiger partial charge in [0.2, 0.25) is 0 Å². The Hall–Kier alpha value is -6.66. The molecule has 0 aliphatic heterocycles. The van der Waals surface area contributed by atoms with Gasteiger partial charge in [-0.05, 0) is 106 Å². The number of rotatable bonds is 5. The first kappa shape index (κ1) is 37.6. The zero-order chi connectivity index (χ0) is 41.7. The average Bonchev–Trinajstić information content (AvgIpc) is 3.89. The SMILES string of the molecule is CC(C)(C)c1cc(-[n+]2[c-]n(-c3cccc(Oc4ccc5c6ccc7oc8ccccc8c7c6n(-c6cc(C(C)(C)C)ccn6)c5c4)c3)c3ccccc32)cc(C(C)(C)C)c1. The van der Waals surface area contributed by atoms with Crippen molar-refractivity contribution in [2.24, 2.45) is 0 Å². The van der Waals surface area contributed by atoms with Crippen LogP contribution in [0.15, 0.2) is 144 Å². The van der Waals surface area contributed by atoms with Crippen molar-refractivity contribution in [2.45, 2.75) is 78.6 Å². The molecule has 10 aromatic rings. The monoisotopic (exact) mass is 786 g/mol. The first-order chi connectivity index (χ1) is 28.6. The van der Waals surface area contributed by atoms with Gasteiger partial charge >= 0.3 is 0 Å². The van der Waals surface area contributed by atoms with E-state index >= 15 is 0 Å². The number of furan rings is 1. The summed E-state index contributed by atoms with van der Waals surface area (Å²) >= 11 is 0. The zero-order valence-electron chi connectivity index (χ0n) is 35.9. The van der Waals surface area contributed by atoms with Gasteiger partial charge in [0.05, 0.1) is 38.8 Å². The predicted molar refractivity (Wildman–Crippen MR) is 246 cm³/mol. The molecular formula is C54H50N4O2. The molecule has 0 unspecified atom stereocenters. The molecule has 0 amide bonds. The lowest BCUT2D eigenvalue weighted by atomic mass is 9.80. The highest BCUT2D eigenvalue weighted by Gasteiger charge is 2.24. The second-order valence-electron chi connectivity index (χ2n) is 19.2. The molecule has 6 heteroatoms. The zero-order valence-corrected chi connectivity index (χ0v) is 35.9. The molecule has 0 aliphatic rings. The molecule has 0 N–H and O–H groups in total. The van der Waals surface area contributed by atoms with Crippen LogP contribution in [0.25, 0.3) is 72.0 Å². The number of ether oxygens (including phenoxy) is 1. The quantitative estimate of drug-likeness (QED) is 0.129. The van der Waals surface area contributed by atoms with Crippen LogP contribution >= 0.6 is 0 Å². The molecule has 0 saturated heterocycles. The third-order valence-corrected chi connectivity index (χ3v) is 11.9. The molecule has 298 valence electrons. The van der Waals surface area contributed by atoms with E-state index in [9.17, 15) is 0 Å². The summed E-state index contributed by atoms with van der Waals surface area (Å²) in [6.45, 7) is 20.4. The highest BCUT2D eigenvalue weighted by Crippen LogP contribution is 2.42. The Morgan fingerprint density at radius 1 is 0.567 bits per heavy atom. The van der Waals surface area contributed by atoms with E-state index in [0.29, 0.717) is 0 Å². The molecule has 0 fully saturated rings. The van der Waals surface area contributed by atoms with Gasteiger partial charge < -0.3 is 9.15 Å². The van der Waals surface area contributed by atoms with Crippen molar-refractivity contribution < 1.29 is 13.7 Å². The number of benzene rings is 6. The summed E-state index contributed by atoms with van der Waals surface area (Å²) < 4.78 is 19.8. The van der Waals surface area contributed by atoms with Crippen LogP contribution in [-0.2, 0) is 16.2 Å². The van der Waals surface area contributed by atoms with Gasteiger partial charge in [-0.2, -0.15) is 0 Å². The maximum atomic E-state index is 6.78. The average molecular weight is 787 g/mol. The molecule has 10 rings (SSSR count). The van der Waals surface area contributed by atoms with Gasteiger partial charge in [-0.25, -0.2) is 4.98 Å². The Balaban J connectivity index is 1.11. The van der Waals surface area contributed by atoms with E-state index in [4.69, 9.17) is 14.1 Å². The van der Waals surface area contributed by atoms with Gasteiger partial charge in [-0.3, -0.25) is 13.7 Å².